The fourth-order valence-corrected chi connectivity index (χ4v) is 3.96. The number of benzene rings is 2. The predicted octanol–water partition coefficient (Wildman–Crippen LogP) is 3.71. The summed E-state index contributed by atoms with van der Waals surface area (Å²) >= 11 is 0. The van der Waals surface area contributed by atoms with E-state index in [4.69, 9.17) is 9.97 Å². The Morgan fingerprint density at radius 1 is 0.862 bits per heavy atom. The van der Waals surface area contributed by atoms with Gasteiger partial charge in [0.1, 0.15) is 0 Å². The number of carbonyl (C=O) groups excluding carboxylic acids is 1. The molecule has 4 rings (SSSR count). The molecule has 1 saturated heterocycles. The number of aromatic nitrogens is 2. The van der Waals surface area contributed by atoms with E-state index in [1.807, 2.05) is 29.2 Å². The standard InChI is InChI=1S/C24H28N4O/c1-3-20-21(4-2)26-23-16-19(10-11-22(23)25-20)24(29)28-14-12-27(13-15-28)17-18-8-6-5-7-9-18/h5-11,16H,3-4,12-15,17H2,1-2H3. The summed E-state index contributed by atoms with van der Waals surface area (Å²) in [5.74, 6) is 0.0886. The van der Waals surface area contributed by atoms with Crippen molar-refractivity contribution in [3.63, 3.8) is 0 Å². The topological polar surface area (TPSA) is 49.3 Å². The van der Waals surface area contributed by atoms with E-state index in [-0.39, 0.29) is 5.91 Å². The van der Waals surface area contributed by atoms with E-state index in [1.54, 1.807) is 0 Å². The molecule has 5 heteroatoms. The average Bonchev–Trinajstić information content (AvgIpc) is 2.78. The fourth-order valence-electron chi connectivity index (χ4n) is 3.96. The summed E-state index contributed by atoms with van der Waals surface area (Å²) in [6, 6.07) is 16.2. The van der Waals surface area contributed by atoms with Gasteiger partial charge < -0.3 is 4.90 Å². The summed E-state index contributed by atoms with van der Waals surface area (Å²) in [5, 5.41) is 0. The second kappa shape index (κ2) is 8.70. The molecule has 0 spiro atoms. The van der Waals surface area contributed by atoms with Crippen LogP contribution in [0.1, 0.15) is 41.2 Å². The monoisotopic (exact) mass is 388 g/mol. The molecule has 150 valence electrons. The minimum absolute atomic E-state index is 0.0886. The molecule has 1 aliphatic heterocycles. The molecular formula is C24H28N4O. The Balaban J connectivity index is 1.45. The first-order valence-corrected chi connectivity index (χ1v) is 10.5. The molecule has 29 heavy (non-hydrogen) atoms. The fraction of sp³-hybridized carbons (Fsp3) is 0.375. The molecule has 2 aromatic carbocycles. The average molecular weight is 389 g/mol. The number of nitrogens with zero attached hydrogens (tertiary/aromatic N) is 4. The highest BCUT2D eigenvalue weighted by atomic mass is 16.2. The first-order chi connectivity index (χ1) is 14.2. The van der Waals surface area contributed by atoms with Crippen LogP contribution in [0.15, 0.2) is 48.5 Å². The van der Waals surface area contributed by atoms with E-state index < -0.39 is 0 Å². The van der Waals surface area contributed by atoms with Crippen LogP contribution in [-0.2, 0) is 19.4 Å². The van der Waals surface area contributed by atoms with E-state index in [9.17, 15) is 4.79 Å². The van der Waals surface area contributed by atoms with E-state index in [0.717, 1.165) is 68.0 Å². The molecule has 1 amide bonds. The summed E-state index contributed by atoms with van der Waals surface area (Å²) in [7, 11) is 0. The van der Waals surface area contributed by atoms with Gasteiger partial charge in [-0.2, -0.15) is 0 Å². The Labute approximate surface area is 172 Å². The molecular weight excluding hydrogens is 360 g/mol. The molecule has 1 aliphatic rings. The Morgan fingerprint density at radius 3 is 2.17 bits per heavy atom. The third-order valence-electron chi connectivity index (χ3n) is 5.64. The molecule has 0 saturated carbocycles. The third-order valence-corrected chi connectivity index (χ3v) is 5.64. The van der Waals surface area contributed by atoms with Crippen molar-refractivity contribution >= 4 is 16.9 Å². The van der Waals surface area contributed by atoms with Gasteiger partial charge >= 0.3 is 0 Å². The Kier molecular flexibility index (Phi) is 5.86. The number of fused-ring (bicyclic) bond motifs is 1. The highest BCUT2D eigenvalue weighted by Crippen LogP contribution is 2.18. The van der Waals surface area contributed by atoms with Crippen molar-refractivity contribution < 1.29 is 4.79 Å². The van der Waals surface area contributed by atoms with Crippen LogP contribution in [0.25, 0.3) is 11.0 Å². The van der Waals surface area contributed by atoms with Crippen LogP contribution in [0.5, 0.6) is 0 Å². The molecule has 0 N–H and O–H groups in total. The molecule has 0 atom stereocenters. The molecule has 3 aromatic rings. The van der Waals surface area contributed by atoms with Crippen molar-refractivity contribution in [2.75, 3.05) is 26.2 Å². The van der Waals surface area contributed by atoms with Crippen molar-refractivity contribution in [1.82, 2.24) is 19.8 Å². The first kappa shape index (κ1) is 19.5. The minimum atomic E-state index is 0.0886. The summed E-state index contributed by atoms with van der Waals surface area (Å²) < 4.78 is 0. The molecule has 5 nitrogen and oxygen atoms in total. The summed E-state index contributed by atoms with van der Waals surface area (Å²) in [5.41, 5.74) is 5.77. The Hall–Kier alpha value is -2.79. The first-order valence-electron chi connectivity index (χ1n) is 10.5. The maximum absolute atomic E-state index is 13.0. The van der Waals surface area contributed by atoms with Crippen LogP contribution in [0, 0.1) is 0 Å². The van der Waals surface area contributed by atoms with Gasteiger partial charge in [-0.3, -0.25) is 9.69 Å². The maximum atomic E-state index is 13.0. The van der Waals surface area contributed by atoms with Crippen LogP contribution in [-0.4, -0.2) is 51.9 Å². The molecule has 2 heterocycles. The number of aryl methyl sites for hydroxylation is 2. The van der Waals surface area contributed by atoms with Crippen LogP contribution in [0.2, 0.25) is 0 Å². The van der Waals surface area contributed by atoms with Gasteiger partial charge in [0.25, 0.3) is 5.91 Å². The summed E-state index contributed by atoms with van der Waals surface area (Å²) in [4.78, 5) is 26.9. The molecule has 0 unspecified atom stereocenters. The Bertz CT molecular complexity index is 994. The van der Waals surface area contributed by atoms with E-state index in [2.05, 4.69) is 43.0 Å². The lowest BCUT2D eigenvalue weighted by molar-refractivity contribution is 0.0628. The van der Waals surface area contributed by atoms with Crippen molar-refractivity contribution in [3.8, 4) is 0 Å². The SMILES string of the molecule is CCc1nc2ccc(C(=O)N3CCN(Cc4ccccc4)CC3)cc2nc1CC. The zero-order valence-electron chi connectivity index (χ0n) is 17.3. The summed E-state index contributed by atoms with van der Waals surface area (Å²) in [6.07, 6.45) is 1.73. The van der Waals surface area contributed by atoms with Crippen molar-refractivity contribution in [3.05, 3.63) is 71.0 Å². The number of hydrogen-bond acceptors (Lipinski definition) is 4. The van der Waals surface area contributed by atoms with Crippen molar-refractivity contribution in [2.45, 2.75) is 33.2 Å². The van der Waals surface area contributed by atoms with Gasteiger partial charge in [-0.05, 0) is 36.6 Å². The van der Waals surface area contributed by atoms with Crippen molar-refractivity contribution in [1.29, 1.82) is 0 Å². The van der Waals surface area contributed by atoms with Gasteiger partial charge in [-0.1, -0.05) is 44.2 Å². The number of rotatable bonds is 5. The lowest BCUT2D eigenvalue weighted by Crippen LogP contribution is -2.48. The molecule has 0 radical (unpaired) electrons. The third kappa shape index (κ3) is 4.30. The van der Waals surface area contributed by atoms with Gasteiger partial charge in [-0.15, -0.1) is 0 Å². The van der Waals surface area contributed by atoms with Crippen molar-refractivity contribution in [2.24, 2.45) is 0 Å². The lowest BCUT2D eigenvalue weighted by atomic mass is 10.1. The highest BCUT2D eigenvalue weighted by Gasteiger charge is 2.22. The van der Waals surface area contributed by atoms with E-state index in [1.165, 1.54) is 5.56 Å². The van der Waals surface area contributed by atoms with Gasteiger partial charge in [-0.25, -0.2) is 9.97 Å². The second-order valence-electron chi connectivity index (χ2n) is 7.58. The van der Waals surface area contributed by atoms with Gasteiger partial charge in [0, 0.05) is 38.3 Å². The normalized spacial score (nSPS) is 15.0. The number of carbonyl (C=O) groups is 1. The molecule has 1 aromatic heterocycles. The predicted molar refractivity (Wildman–Crippen MR) is 116 cm³/mol. The number of amides is 1. The minimum Gasteiger partial charge on any atom is -0.336 e. The van der Waals surface area contributed by atoms with E-state index in [0.29, 0.717) is 5.56 Å². The summed E-state index contributed by atoms with van der Waals surface area (Å²) in [6.45, 7) is 8.44. The molecule has 0 bridgehead atoms. The maximum Gasteiger partial charge on any atom is 0.254 e. The second-order valence-corrected chi connectivity index (χ2v) is 7.58. The van der Waals surface area contributed by atoms with Gasteiger partial charge in [0.15, 0.2) is 0 Å². The van der Waals surface area contributed by atoms with Gasteiger partial charge in [0.2, 0.25) is 0 Å². The Morgan fingerprint density at radius 2 is 1.52 bits per heavy atom. The van der Waals surface area contributed by atoms with Crippen LogP contribution in [0.3, 0.4) is 0 Å². The van der Waals surface area contributed by atoms with E-state index >= 15 is 0 Å². The van der Waals surface area contributed by atoms with Crippen LogP contribution < -0.4 is 0 Å². The molecule has 0 aliphatic carbocycles. The lowest BCUT2D eigenvalue weighted by Gasteiger charge is -2.34. The quantitative estimate of drug-likeness (QED) is 0.669. The zero-order chi connectivity index (χ0) is 20.2. The smallest absolute Gasteiger partial charge is 0.254 e. The number of piperazine rings is 1. The van der Waals surface area contributed by atoms with Crippen LogP contribution >= 0.6 is 0 Å². The molecule has 1 fully saturated rings. The van der Waals surface area contributed by atoms with Crippen LogP contribution in [0.4, 0.5) is 0 Å². The number of hydrogen-bond donors (Lipinski definition) is 0. The largest absolute Gasteiger partial charge is 0.336 e. The van der Waals surface area contributed by atoms with Gasteiger partial charge in [0.05, 0.1) is 22.4 Å². The zero-order valence-corrected chi connectivity index (χ0v) is 17.3. The highest BCUT2D eigenvalue weighted by molar-refractivity contribution is 5.97.